The number of hydrogen-bond donors (Lipinski definition) is 0. The smallest absolute Gasteiger partial charge is 0.0321 e. The Labute approximate surface area is 131 Å². The van der Waals surface area contributed by atoms with Crippen molar-refractivity contribution in [1.29, 1.82) is 0 Å². The summed E-state index contributed by atoms with van der Waals surface area (Å²) in [6.07, 6.45) is 9.89. The Kier molecular flexibility index (Phi) is 4.18. The molecule has 3 aromatic rings. The van der Waals surface area contributed by atoms with E-state index in [9.17, 15) is 0 Å². The van der Waals surface area contributed by atoms with Crippen molar-refractivity contribution >= 4 is 12.2 Å². The highest BCUT2D eigenvalue weighted by atomic mass is 14.1. The van der Waals surface area contributed by atoms with Gasteiger partial charge in [-0.05, 0) is 28.3 Å². The van der Waals surface area contributed by atoms with Gasteiger partial charge >= 0.3 is 0 Å². The molecule has 0 nitrogen and oxygen atoms in total. The third-order valence-corrected chi connectivity index (χ3v) is 3.59. The molecule has 0 unspecified atom stereocenters. The van der Waals surface area contributed by atoms with Crippen LogP contribution in [-0.2, 0) is 0 Å². The standard InChI is InChI=1S/C22H16/c1-2-19-12-6-8-14-21(19)22-15-9-7-13-20(22)17-16-18-10-4-3-5-11-18/h1,3-17H. The molecule has 0 amide bonds. The monoisotopic (exact) mass is 280 g/mol. The molecule has 0 aliphatic rings. The van der Waals surface area contributed by atoms with Crippen LogP contribution in [0.1, 0.15) is 16.7 Å². The maximum atomic E-state index is 5.64. The molecule has 0 atom stereocenters. The molecule has 0 aliphatic carbocycles. The second kappa shape index (κ2) is 6.61. The number of rotatable bonds is 3. The summed E-state index contributed by atoms with van der Waals surface area (Å²) in [5, 5.41) is 0. The third kappa shape index (κ3) is 3.00. The van der Waals surface area contributed by atoms with Crippen molar-refractivity contribution in [2.75, 3.05) is 0 Å². The van der Waals surface area contributed by atoms with E-state index < -0.39 is 0 Å². The van der Waals surface area contributed by atoms with Crippen molar-refractivity contribution in [3.8, 4) is 23.5 Å². The van der Waals surface area contributed by atoms with E-state index in [-0.39, 0.29) is 0 Å². The first-order valence-electron chi connectivity index (χ1n) is 7.26. The van der Waals surface area contributed by atoms with Crippen molar-refractivity contribution < 1.29 is 0 Å². The van der Waals surface area contributed by atoms with Gasteiger partial charge in [-0.2, -0.15) is 0 Å². The van der Waals surface area contributed by atoms with Crippen LogP contribution in [-0.4, -0.2) is 0 Å². The Bertz CT molecular complexity index is 833. The first kappa shape index (κ1) is 13.9. The SMILES string of the molecule is C#Cc1ccccc1-c1ccccc1C=Cc1ccccc1. The molecule has 0 bridgehead atoms. The van der Waals surface area contributed by atoms with Gasteiger partial charge in [-0.3, -0.25) is 0 Å². The second-order valence-corrected chi connectivity index (χ2v) is 5.02. The maximum absolute atomic E-state index is 5.64. The Balaban J connectivity index is 2.04. The molecule has 0 aliphatic heterocycles. The van der Waals surface area contributed by atoms with Crippen LogP contribution in [0.2, 0.25) is 0 Å². The molecular formula is C22H16. The van der Waals surface area contributed by atoms with E-state index in [2.05, 4.69) is 48.4 Å². The maximum Gasteiger partial charge on any atom is 0.0321 e. The van der Waals surface area contributed by atoms with E-state index >= 15 is 0 Å². The molecule has 0 N–H and O–H groups in total. The van der Waals surface area contributed by atoms with Gasteiger partial charge in [0, 0.05) is 5.56 Å². The molecule has 3 aromatic carbocycles. The van der Waals surface area contributed by atoms with Crippen molar-refractivity contribution in [3.05, 3.63) is 95.6 Å². The van der Waals surface area contributed by atoms with Gasteiger partial charge in [0.05, 0.1) is 0 Å². The van der Waals surface area contributed by atoms with Crippen molar-refractivity contribution in [2.24, 2.45) is 0 Å². The van der Waals surface area contributed by atoms with Crippen LogP contribution in [0.25, 0.3) is 23.3 Å². The van der Waals surface area contributed by atoms with Gasteiger partial charge in [-0.1, -0.05) is 90.9 Å². The molecule has 0 saturated carbocycles. The third-order valence-electron chi connectivity index (χ3n) is 3.59. The van der Waals surface area contributed by atoms with E-state index in [1.54, 1.807) is 0 Å². The Morgan fingerprint density at radius 3 is 2.05 bits per heavy atom. The molecule has 104 valence electrons. The van der Waals surface area contributed by atoms with Crippen molar-refractivity contribution in [2.45, 2.75) is 0 Å². The van der Waals surface area contributed by atoms with E-state index in [4.69, 9.17) is 6.42 Å². The average Bonchev–Trinajstić information content (AvgIpc) is 2.61. The van der Waals surface area contributed by atoms with Gasteiger partial charge < -0.3 is 0 Å². The lowest BCUT2D eigenvalue weighted by molar-refractivity contribution is 1.56. The second-order valence-electron chi connectivity index (χ2n) is 5.02. The minimum absolute atomic E-state index is 0.920. The van der Waals surface area contributed by atoms with Crippen LogP contribution in [0.15, 0.2) is 78.9 Å². The van der Waals surface area contributed by atoms with E-state index in [1.165, 1.54) is 5.56 Å². The Morgan fingerprint density at radius 2 is 1.27 bits per heavy atom. The average molecular weight is 280 g/mol. The first-order valence-corrected chi connectivity index (χ1v) is 7.26. The summed E-state index contributed by atoms with van der Waals surface area (Å²) >= 11 is 0. The lowest BCUT2D eigenvalue weighted by Gasteiger charge is -2.08. The quantitative estimate of drug-likeness (QED) is 0.438. The predicted molar refractivity (Wildman–Crippen MR) is 95.2 cm³/mol. The summed E-state index contributed by atoms with van der Waals surface area (Å²) in [6.45, 7) is 0. The Morgan fingerprint density at radius 1 is 0.636 bits per heavy atom. The van der Waals surface area contributed by atoms with Gasteiger partial charge in [-0.15, -0.1) is 6.42 Å². The molecule has 0 heterocycles. The van der Waals surface area contributed by atoms with Crippen LogP contribution in [0.4, 0.5) is 0 Å². The van der Waals surface area contributed by atoms with Crippen LogP contribution in [0.5, 0.6) is 0 Å². The van der Waals surface area contributed by atoms with Gasteiger partial charge in [0.15, 0.2) is 0 Å². The molecule has 0 fully saturated rings. The zero-order valence-corrected chi connectivity index (χ0v) is 12.2. The zero-order chi connectivity index (χ0) is 15.2. The summed E-state index contributed by atoms with van der Waals surface area (Å²) in [5.41, 5.74) is 5.51. The van der Waals surface area contributed by atoms with Crippen LogP contribution in [0.3, 0.4) is 0 Å². The molecule has 0 aromatic heterocycles. The highest BCUT2D eigenvalue weighted by molar-refractivity contribution is 5.83. The zero-order valence-electron chi connectivity index (χ0n) is 12.2. The fourth-order valence-electron chi connectivity index (χ4n) is 2.48. The lowest BCUT2D eigenvalue weighted by atomic mass is 9.95. The normalized spacial score (nSPS) is 10.5. The van der Waals surface area contributed by atoms with Crippen molar-refractivity contribution in [1.82, 2.24) is 0 Å². The number of benzene rings is 3. The van der Waals surface area contributed by atoms with E-state index in [0.29, 0.717) is 0 Å². The molecule has 0 saturated heterocycles. The van der Waals surface area contributed by atoms with E-state index in [0.717, 1.165) is 22.3 Å². The van der Waals surface area contributed by atoms with Crippen molar-refractivity contribution in [3.63, 3.8) is 0 Å². The lowest BCUT2D eigenvalue weighted by Crippen LogP contribution is -1.87. The summed E-state index contributed by atoms with van der Waals surface area (Å²) in [4.78, 5) is 0. The highest BCUT2D eigenvalue weighted by Gasteiger charge is 2.05. The molecule has 0 spiro atoms. The van der Waals surface area contributed by atoms with Gasteiger partial charge in [-0.25, -0.2) is 0 Å². The van der Waals surface area contributed by atoms with E-state index in [1.807, 2.05) is 48.5 Å². The first-order chi connectivity index (χ1) is 10.9. The summed E-state index contributed by atoms with van der Waals surface area (Å²) in [6, 6.07) is 26.7. The largest absolute Gasteiger partial charge is 0.115 e. The molecule has 22 heavy (non-hydrogen) atoms. The fourth-order valence-corrected chi connectivity index (χ4v) is 2.48. The molecule has 0 radical (unpaired) electrons. The van der Waals surface area contributed by atoms with Gasteiger partial charge in [0.25, 0.3) is 0 Å². The van der Waals surface area contributed by atoms with Crippen LogP contribution < -0.4 is 0 Å². The topological polar surface area (TPSA) is 0 Å². The molecular weight excluding hydrogens is 264 g/mol. The molecule has 0 heteroatoms. The number of hydrogen-bond acceptors (Lipinski definition) is 0. The minimum atomic E-state index is 0.920. The summed E-state index contributed by atoms with van der Waals surface area (Å²) in [7, 11) is 0. The minimum Gasteiger partial charge on any atom is -0.115 e. The number of terminal acetylenes is 1. The van der Waals surface area contributed by atoms with Gasteiger partial charge in [0.1, 0.15) is 0 Å². The van der Waals surface area contributed by atoms with Gasteiger partial charge in [0.2, 0.25) is 0 Å². The van der Waals surface area contributed by atoms with Crippen LogP contribution in [0, 0.1) is 12.3 Å². The van der Waals surface area contributed by atoms with Crippen LogP contribution >= 0.6 is 0 Å². The fraction of sp³-hybridized carbons (Fsp3) is 0. The summed E-state index contributed by atoms with van der Waals surface area (Å²) in [5.74, 6) is 2.77. The summed E-state index contributed by atoms with van der Waals surface area (Å²) < 4.78 is 0. The highest BCUT2D eigenvalue weighted by Crippen LogP contribution is 2.28. The molecule has 3 rings (SSSR count). The predicted octanol–water partition coefficient (Wildman–Crippen LogP) is 5.51. The Hall–Kier alpha value is -3.04.